The molecule has 0 amide bonds. The zero-order chi connectivity index (χ0) is 31.1. The van der Waals surface area contributed by atoms with Crippen molar-refractivity contribution in [2.45, 2.75) is 32.5 Å². The molecular formula is C35H34O10. The maximum atomic E-state index is 13.7. The molecule has 4 aromatic carbocycles. The standard InChI is InChI=1S/C34H30O10.CH4/c1-39-25-15-27-29(21(37)13-23(43-27)17-5-9-19(35)10-6-17)33(41-3)31(25)32-26(40-2)16-28-30(34(32)42-4)22(38)14-24(44-28)18-7-11-20(36)12-8-18;/h5-12,15-16,23-24,35-36H,13-14H2,1-4H3;1H4. The third-order valence-electron chi connectivity index (χ3n) is 7.88. The van der Waals surface area contributed by atoms with Gasteiger partial charge in [0.2, 0.25) is 0 Å². The molecule has 2 atom stereocenters. The molecule has 0 saturated carbocycles. The zero-order valence-electron chi connectivity index (χ0n) is 24.5. The molecule has 2 aliphatic heterocycles. The molecule has 0 saturated heterocycles. The molecule has 2 aliphatic rings. The number of phenols is 2. The van der Waals surface area contributed by atoms with Crippen molar-refractivity contribution < 1.29 is 48.2 Å². The smallest absolute Gasteiger partial charge is 0.174 e. The fraction of sp³-hybridized carbons (Fsp3) is 0.257. The Balaban J connectivity index is 0.00000400. The van der Waals surface area contributed by atoms with Gasteiger partial charge in [-0.15, -0.1) is 0 Å². The highest BCUT2D eigenvalue weighted by molar-refractivity contribution is 6.09. The lowest BCUT2D eigenvalue weighted by atomic mass is 9.88. The first-order chi connectivity index (χ1) is 21.3. The van der Waals surface area contributed by atoms with Gasteiger partial charge in [-0.3, -0.25) is 9.59 Å². The fourth-order valence-corrected chi connectivity index (χ4v) is 5.82. The lowest BCUT2D eigenvalue weighted by molar-refractivity contribution is 0.0833. The molecule has 2 unspecified atom stereocenters. The van der Waals surface area contributed by atoms with Gasteiger partial charge in [-0.25, -0.2) is 0 Å². The number of Topliss-reactive ketones (excluding diaryl/α,β-unsaturated/α-hetero) is 2. The minimum Gasteiger partial charge on any atom is -0.508 e. The summed E-state index contributed by atoms with van der Waals surface area (Å²) in [5, 5.41) is 19.4. The van der Waals surface area contributed by atoms with Gasteiger partial charge in [0.15, 0.2) is 11.6 Å². The summed E-state index contributed by atoms with van der Waals surface area (Å²) in [6, 6.07) is 16.2. The SMILES string of the molecule is C.COc1cc2c(c(OC)c1-c1c(OC)cc3c(c1OC)C(=O)CC(c1ccc(O)cc1)O3)C(=O)CC(c1ccc(O)cc1)O2. The minimum atomic E-state index is -0.583. The van der Waals surface area contributed by atoms with Crippen LogP contribution in [0, 0.1) is 0 Å². The van der Waals surface area contributed by atoms with Gasteiger partial charge in [0.05, 0.1) is 52.4 Å². The van der Waals surface area contributed by atoms with E-state index in [1.165, 1.54) is 52.7 Å². The van der Waals surface area contributed by atoms with Crippen molar-refractivity contribution in [1.82, 2.24) is 0 Å². The first kappa shape index (κ1) is 31.1. The second-order valence-electron chi connectivity index (χ2n) is 10.4. The summed E-state index contributed by atoms with van der Waals surface area (Å²) in [5.41, 5.74) is 2.58. The maximum absolute atomic E-state index is 13.7. The number of aromatic hydroxyl groups is 2. The van der Waals surface area contributed by atoms with Crippen LogP contribution in [-0.2, 0) is 0 Å². The Hall–Kier alpha value is -5.38. The summed E-state index contributed by atoms with van der Waals surface area (Å²) in [6.07, 6.45) is -1.10. The van der Waals surface area contributed by atoms with Crippen LogP contribution in [-0.4, -0.2) is 50.2 Å². The van der Waals surface area contributed by atoms with Crippen LogP contribution in [0.4, 0.5) is 0 Å². The summed E-state index contributed by atoms with van der Waals surface area (Å²) in [7, 11) is 5.82. The Morgan fingerprint density at radius 1 is 0.578 bits per heavy atom. The Labute approximate surface area is 260 Å². The van der Waals surface area contributed by atoms with E-state index in [4.69, 9.17) is 28.4 Å². The van der Waals surface area contributed by atoms with E-state index in [1.807, 2.05) is 0 Å². The van der Waals surface area contributed by atoms with Crippen LogP contribution in [0.15, 0.2) is 60.7 Å². The van der Waals surface area contributed by atoms with Gasteiger partial charge in [-0.2, -0.15) is 0 Å². The molecule has 45 heavy (non-hydrogen) atoms. The number of ketones is 2. The number of carbonyl (C=O) groups excluding carboxylic acids is 2. The van der Waals surface area contributed by atoms with Crippen LogP contribution in [0.3, 0.4) is 0 Å². The molecular weight excluding hydrogens is 580 g/mol. The molecule has 2 N–H and O–H groups in total. The molecule has 234 valence electrons. The van der Waals surface area contributed by atoms with Crippen molar-refractivity contribution in [1.29, 1.82) is 0 Å². The van der Waals surface area contributed by atoms with E-state index >= 15 is 0 Å². The summed E-state index contributed by atoms with van der Waals surface area (Å²) < 4.78 is 35.9. The molecule has 2 heterocycles. The molecule has 0 fully saturated rings. The molecule has 10 heteroatoms. The fourth-order valence-electron chi connectivity index (χ4n) is 5.82. The summed E-state index contributed by atoms with van der Waals surface area (Å²) in [6.45, 7) is 0. The summed E-state index contributed by atoms with van der Waals surface area (Å²) >= 11 is 0. The number of methoxy groups -OCH3 is 4. The molecule has 10 nitrogen and oxygen atoms in total. The lowest BCUT2D eigenvalue weighted by Gasteiger charge is -2.31. The van der Waals surface area contributed by atoms with Gasteiger partial charge < -0.3 is 38.6 Å². The van der Waals surface area contributed by atoms with Gasteiger partial charge in [-0.1, -0.05) is 31.7 Å². The predicted octanol–water partition coefficient (Wildman–Crippen LogP) is 6.85. The Bertz CT molecular complexity index is 1630. The average Bonchev–Trinajstić information content (AvgIpc) is 3.03. The van der Waals surface area contributed by atoms with E-state index in [0.717, 1.165) is 11.1 Å². The van der Waals surface area contributed by atoms with Crippen LogP contribution in [0.25, 0.3) is 11.1 Å². The number of rotatable bonds is 7. The quantitative estimate of drug-likeness (QED) is 0.228. The normalized spacial score (nSPS) is 16.7. The van der Waals surface area contributed by atoms with Crippen molar-refractivity contribution in [2.75, 3.05) is 28.4 Å². The monoisotopic (exact) mass is 614 g/mol. The van der Waals surface area contributed by atoms with Gasteiger partial charge in [0.25, 0.3) is 0 Å². The topological polar surface area (TPSA) is 130 Å². The van der Waals surface area contributed by atoms with Gasteiger partial charge in [0.1, 0.15) is 69.3 Å². The first-order valence-corrected chi connectivity index (χ1v) is 13.8. The Kier molecular flexibility index (Phi) is 8.50. The van der Waals surface area contributed by atoms with E-state index in [0.29, 0.717) is 22.6 Å². The largest absolute Gasteiger partial charge is 0.508 e. The molecule has 0 spiro atoms. The summed E-state index contributed by atoms with van der Waals surface area (Å²) in [4.78, 5) is 27.4. The number of ether oxygens (including phenoxy) is 6. The Morgan fingerprint density at radius 3 is 1.24 bits per heavy atom. The van der Waals surface area contributed by atoms with Crippen molar-refractivity contribution in [2.24, 2.45) is 0 Å². The van der Waals surface area contributed by atoms with Crippen molar-refractivity contribution in [3.05, 3.63) is 82.9 Å². The second-order valence-corrected chi connectivity index (χ2v) is 10.4. The number of benzene rings is 4. The van der Waals surface area contributed by atoms with Crippen LogP contribution < -0.4 is 28.4 Å². The maximum Gasteiger partial charge on any atom is 0.174 e. The summed E-state index contributed by atoms with van der Waals surface area (Å²) in [5.74, 6) is 1.24. The third kappa shape index (κ3) is 5.32. The van der Waals surface area contributed by atoms with Crippen LogP contribution >= 0.6 is 0 Å². The highest BCUT2D eigenvalue weighted by Gasteiger charge is 2.39. The van der Waals surface area contributed by atoms with Gasteiger partial charge in [-0.05, 0) is 35.4 Å². The Morgan fingerprint density at radius 2 is 0.933 bits per heavy atom. The number of phenolic OH excluding ortho intramolecular Hbond substituents is 2. The molecule has 0 radical (unpaired) electrons. The predicted molar refractivity (Wildman–Crippen MR) is 166 cm³/mol. The van der Waals surface area contributed by atoms with Crippen molar-refractivity contribution in [3.8, 4) is 57.1 Å². The van der Waals surface area contributed by atoms with Crippen LogP contribution in [0.5, 0.6) is 46.0 Å². The molecule has 0 aromatic heterocycles. The van der Waals surface area contributed by atoms with E-state index in [-0.39, 0.29) is 77.5 Å². The number of hydrogen-bond acceptors (Lipinski definition) is 10. The van der Waals surface area contributed by atoms with Crippen molar-refractivity contribution in [3.63, 3.8) is 0 Å². The van der Waals surface area contributed by atoms with E-state index in [2.05, 4.69) is 0 Å². The highest BCUT2D eigenvalue weighted by atomic mass is 16.5. The number of fused-ring (bicyclic) bond motifs is 2. The first-order valence-electron chi connectivity index (χ1n) is 13.8. The highest BCUT2D eigenvalue weighted by Crippen LogP contribution is 2.56. The van der Waals surface area contributed by atoms with E-state index in [1.54, 1.807) is 36.4 Å². The zero-order valence-corrected chi connectivity index (χ0v) is 24.5. The number of hydrogen-bond donors (Lipinski definition) is 2. The lowest BCUT2D eigenvalue weighted by Crippen LogP contribution is -2.22. The molecule has 0 aliphatic carbocycles. The molecule has 4 aromatic rings. The van der Waals surface area contributed by atoms with Crippen LogP contribution in [0.1, 0.15) is 64.3 Å². The van der Waals surface area contributed by atoms with Gasteiger partial charge in [0, 0.05) is 12.1 Å². The second kappa shape index (κ2) is 12.3. The molecule has 6 rings (SSSR count). The van der Waals surface area contributed by atoms with Crippen LogP contribution in [0.2, 0.25) is 0 Å². The van der Waals surface area contributed by atoms with E-state index in [9.17, 15) is 19.8 Å². The van der Waals surface area contributed by atoms with Crippen molar-refractivity contribution >= 4 is 11.6 Å². The number of carbonyl (C=O) groups is 2. The van der Waals surface area contributed by atoms with E-state index < -0.39 is 12.2 Å². The molecule has 0 bridgehead atoms. The minimum absolute atomic E-state index is 0. The average molecular weight is 615 g/mol. The van der Waals surface area contributed by atoms with Gasteiger partial charge >= 0.3 is 0 Å². The third-order valence-corrected chi connectivity index (χ3v) is 7.88.